The summed E-state index contributed by atoms with van der Waals surface area (Å²) in [4.78, 5) is 37.1. The molecule has 2 aliphatic rings. The molecule has 3 N–H and O–H groups in total. The molecule has 35 heavy (non-hydrogen) atoms. The van der Waals surface area contributed by atoms with Gasteiger partial charge in [0.1, 0.15) is 12.6 Å². The Balaban J connectivity index is 1.38. The van der Waals surface area contributed by atoms with Crippen molar-refractivity contribution in [3.8, 4) is 11.1 Å². The SMILES string of the molecule is CC(C)C[C@@H](NC(=O)OCC1c2ccccc2-c2ccccc21)C(=O)N[C@H]1C=CC[C@H](C(=O)O)C1. The van der Waals surface area contributed by atoms with Crippen molar-refractivity contribution in [1.82, 2.24) is 10.6 Å². The highest BCUT2D eigenvalue weighted by atomic mass is 16.5. The van der Waals surface area contributed by atoms with Gasteiger partial charge in [-0.25, -0.2) is 4.79 Å². The van der Waals surface area contributed by atoms with Gasteiger partial charge in [-0.15, -0.1) is 0 Å². The van der Waals surface area contributed by atoms with Crippen LogP contribution >= 0.6 is 0 Å². The lowest BCUT2D eigenvalue weighted by atomic mass is 9.91. The van der Waals surface area contributed by atoms with Crippen molar-refractivity contribution < 1.29 is 24.2 Å². The number of rotatable bonds is 8. The van der Waals surface area contributed by atoms with E-state index in [1.807, 2.05) is 44.2 Å². The quantitative estimate of drug-likeness (QED) is 0.488. The maximum atomic E-state index is 13.0. The van der Waals surface area contributed by atoms with Crippen LogP contribution in [0.3, 0.4) is 0 Å². The summed E-state index contributed by atoms with van der Waals surface area (Å²) in [5.74, 6) is -1.64. The number of benzene rings is 2. The van der Waals surface area contributed by atoms with E-state index in [0.29, 0.717) is 19.3 Å². The summed E-state index contributed by atoms with van der Waals surface area (Å²) in [7, 11) is 0. The Hall–Kier alpha value is -3.61. The van der Waals surface area contributed by atoms with Crippen LogP contribution in [-0.4, -0.2) is 41.8 Å². The second kappa shape index (κ2) is 10.8. The van der Waals surface area contributed by atoms with Crippen molar-refractivity contribution in [2.45, 2.75) is 51.1 Å². The number of carboxylic acids is 1. The van der Waals surface area contributed by atoms with Gasteiger partial charge in [0.05, 0.1) is 5.92 Å². The number of amides is 2. The Morgan fingerprint density at radius 2 is 1.66 bits per heavy atom. The van der Waals surface area contributed by atoms with Gasteiger partial charge in [0.15, 0.2) is 0 Å². The van der Waals surface area contributed by atoms with E-state index in [0.717, 1.165) is 22.3 Å². The van der Waals surface area contributed by atoms with E-state index in [9.17, 15) is 19.5 Å². The van der Waals surface area contributed by atoms with Gasteiger partial charge in [0.2, 0.25) is 5.91 Å². The van der Waals surface area contributed by atoms with Gasteiger partial charge >= 0.3 is 12.1 Å². The van der Waals surface area contributed by atoms with Gasteiger partial charge in [-0.3, -0.25) is 9.59 Å². The first-order valence-corrected chi connectivity index (χ1v) is 12.1. The minimum absolute atomic E-state index is 0.0640. The molecule has 0 fully saturated rings. The first-order valence-electron chi connectivity index (χ1n) is 12.1. The van der Waals surface area contributed by atoms with Crippen LogP contribution in [0.25, 0.3) is 11.1 Å². The number of carboxylic acid groups (broad SMARTS) is 1. The average molecular weight is 477 g/mol. The van der Waals surface area contributed by atoms with Gasteiger partial charge in [0, 0.05) is 12.0 Å². The molecule has 2 aliphatic carbocycles. The molecule has 0 spiro atoms. The van der Waals surface area contributed by atoms with Crippen LogP contribution in [0.2, 0.25) is 0 Å². The normalized spacial score (nSPS) is 19.5. The molecule has 7 nitrogen and oxygen atoms in total. The molecule has 0 bridgehead atoms. The van der Waals surface area contributed by atoms with Crippen LogP contribution < -0.4 is 10.6 Å². The third-order valence-corrected chi connectivity index (χ3v) is 6.66. The van der Waals surface area contributed by atoms with E-state index >= 15 is 0 Å². The topological polar surface area (TPSA) is 105 Å². The van der Waals surface area contributed by atoms with E-state index in [1.165, 1.54) is 0 Å². The lowest BCUT2D eigenvalue weighted by molar-refractivity contribution is -0.142. The third-order valence-electron chi connectivity index (χ3n) is 6.66. The molecule has 2 aromatic carbocycles. The molecule has 0 aliphatic heterocycles. The monoisotopic (exact) mass is 476 g/mol. The van der Waals surface area contributed by atoms with Crippen LogP contribution in [0.1, 0.15) is 50.2 Å². The standard InChI is InChI=1S/C28H32N2O5/c1-17(2)14-25(26(31)29-19-9-7-8-18(15-19)27(32)33)30-28(34)35-16-24-22-12-5-3-10-20(22)21-11-4-6-13-23(21)24/h3-7,9-13,17-19,24-25H,8,14-16H2,1-2H3,(H,29,31)(H,30,34)(H,32,33)/t18-,19-,25+/m0/s1. The van der Waals surface area contributed by atoms with E-state index in [2.05, 4.69) is 34.9 Å². The van der Waals surface area contributed by atoms with Crippen LogP contribution in [-0.2, 0) is 14.3 Å². The molecule has 4 rings (SSSR count). The summed E-state index contributed by atoms with van der Waals surface area (Å²) in [6.45, 7) is 4.11. The van der Waals surface area contributed by atoms with Crippen molar-refractivity contribution in [3.63, 3.8) is 0 Å². The largest absolute Gasteiger partial charge is 0.481 e. The molecule has 0 radical (unpaired) electrons. The molecular weight excluding hydrogens is 444 g/mol. The van der Waals surface area contributed by atoms with Gasteiger partial charge in [-0.1, -0.05) is 74.5 Å². The van der Waals surface area contributed by atoms with Crippen LogP contribution in [0.15, 0.2) is 60.7 Å². The summed E-state index contributed by atoms with van der Waals surface area (Å²) in [6.07, 6.45) is 4.18. The maximum Gasteiger partial charge on any atom is 0.407 e. The van der Waals surface area contributed by atoms with Crippen LogP contribution in [0.5, 0.6) is 0 Å². The highest BCUT2D eigenvalue weighted by Crippen LogP contribution is 2.44. The Kier molecular flexibility index (Phi) is 7.54. The van der Waals surface area contributed by atoms with Gasteiger partial charge in [0.25, 0.3) is 0 Å². The molecule has 0 saturated heterocycles. The second-order valence-corrected chi connectivity index (χ2v) is 9.70. The number of allylic oxidation sites excluding steroid dienone is 1. The summed E-state index contributed by atoms with van der Waals surface area (Å²) in [5.41, 5.74) is 4.54. The number of alkyl carbamates (subject to hydrolysis) is 1. The number of hydrogen-bond acceptors (Lipinski definition) is 4. The van der Waals surface area contributed by atoms with Crippen LogP contribution in [0.4, 0.5) is 4.79 Å². The smallest absolute Gasteiger partial charge is 0.407 e. The number of ether oxygens (including phenoxy) is 1. The van der Waals surface area contributed by atoms with E-state index in [4.69, 9.17) is 4.74 Å². The number of nitrogens with one attached hydrogen (secondary N) is 2. The molecule has 7 heteroatoms. The number of fused-ring (bicyclic) bond motifs is 3. The van der Waals surface area contributed by atoms with Crippen molar-refractivity contribution in [3.05, 3.63) is 71.8 Å². The minimum atomic E-state index is -0.871. The van der Waals surface area contributed by atoms with E-state index < -0.39 is 24.0 Å². The zero-order valence-corrected chi connectivity index (χ0v) is 20.1. The van der Waals surface area contributed by atoms with Crippen molar-refractivity contribution >= 4 is 18.0 Å². The average Bonchev–Trinajstić information content (AvgIpc) is 3.16. The fraction of sp³-hybridized carbons (Fsp3) is 0.393. The van der Waals surface area contributed by atoms with E-state index in [-0.39, 0.29) is 30.4 Å². The second-order valence-electron chi connectivity index (χ2n) is 9.70. The lowest BCUT2D eigenvalue weighted by Gasteiger charge is -2.26. The van der Waals surface area contributed by atoms with Crippen molar-refractivity contribution in [1.29, 1.82) is 0 Å². The number of hydrogen-bond donors (Lipinski definition) is 3. The first-order chi connectivity index (χ1) is 16.8. The zero-order valence-electron chi connectivity index (χ0n) is 20.1. The molecular formula is C28H32N2O5. The fourth-order valence-electron chi connectivity index (χ4n) is 4.97. The van der Waals surface area contributed by atoms with Crippen molar-refractivity contribution in [2.75, 3.05) is 6.61 Å². The van der Waals surface area contributed by atoms with Crippen molar-refractivity contribution in [2.24, 2.45) is 11.8 Å². The molecule has 0 unspecified atom stereocenters. The Bertz CT molecular complexity index is 1080. The molecule has 2 aromatic rings. The van der Waals surface area contributed by atoms with Gasteiger partial charge in [-0.05, 0) is 47.4 Å². The molecule has 3 atom stereocenters. The molecule has 0 heterocycles. The zero-order chi connectivity index (χ0) is 24.9. The predicted molar refractivity (Wildman–Crippen MR) is 133 cm³/mol. The molecule has 184 valence electrons. The fourth-order valence-corrected chi connectivity index (χ4v) is 4.97. The molecule has 2 amide bonds. The summed E-state index contributed by atoms with van der Waals surface area (Å²) in [6, 6.07) is 15.1. The number of carbonyl (C=O) groups is 3. The maximum absolute atomic E-state index is 13.0. The highest BCUT2D eigenvalue weighted by molar-refractivity contribution is 5.86. The number of carbonyl (C=O) groups excluding carboxylic acids is 2. The predicted octanol–water partition coefficient (Wildman–Crippen LogP) is 4.48. The highest BCUT2D eigenvalue weighted by Gasteiger charge is 2.31. The summed E-state index contributed by atoms with van der Waals surface area (Å²) >= 11 is 0. The third kappa shape index (κ3) is 5.73. The molecule has 0 aromatic heterocycles. The van der Waals surface area contributed by atoms with E-state index in [1.54, 1.807) is 6.08 Å². The summed E-state index contributed by atoms with van der Waals surface area (Å²) in [5, 5.41) is 14.9. The Morgan fingerprint density at radius 1 is 1.03 bits per heavy atom. The van der Waals surface area contributed by atoms with Crippen LogP contribution in [0, 0.1) is 11.8 Å². The van der Waals surface area contributed by atoms with Gasteiger partial charge < -0.3 is 20.5 Å². The Labute approximate surface area is 205 Å². The Morgan fingerprint density at radius 3 is 2.26 bits per heavy atom. The summed E-state index contributed by atoms with van der Waals surface area (Å²) < 4.78 is 5.62. The number of aliphatic carboxylic acids is 1. The van der Waals surface area contributed by atoms with Gasteiger partial charge in [-0.2, -0.15) is 0 Å². The lowest BCUT2D eigenvalue weighted by Crippen LogP contribution is -2.50. The first kappa shape index (κ1) is 24.5. The minimum Gasteiger partial charge on any atom is -0.481 e. The molecule has 0 saturated carbocycles.